The van der Waals surface area contributed by atoms with Gasteiger partial charge in [0.05, 0.1) is 18.5 Å². The predicted molar refractivity (Wildman–Crippen MR) is 132 cm³/mol. The Balaban J connectivity index is 1.55. The lowest BCUT2D eigenvalue weighted by atomic mass is 10.2. The van der Waals surface area contributed by atoms with Crippen molar-refractivity contribution in [2.45, 2.75) is 0 Å². The molecule has 7 heteroatoms. The maximum Gasteiger partial charge on any atom is 0.337 e. The van der Waals surface area contributed by atoms with E-state index < -0.39 is 0 Å². The van der Waals surface area contributed by atoms with E-state index in [0.717, 1.165) is 29.4 Å². The standard InChI is InChI=1S/C26H28N4O3/c1-28(2)17-18-33-23-12-10-22(11-13-23)29-15-16-30(26(29)31)24-14-9-21(19-25(24)32-3)27-20-7-5-4-6-8-20/h4-16,19,27H,17-18H2,1-3H3. The minimum Gasteiger partial charge on any atom is -0.494 e. The summed E-state index contributed by atoms with van der Waals surface area (Å²) >= 11 is 0. The highest BCUT2D eigenvalue weighted by Crippen LogP contribution is 2.28. The van der Waals surface area contributed by atoms with Crippen LogP contribution in [0.15, 0.2) is 90.0 Å². The van der Waals surface area contributed by atoms with E-state index in [1.165, 1.54) is 0 Å². The number of hydrogen-bond acceptors (Lipinski definition) is 5. The van der Waals surface area contributed by atoms with Crippen LogP contribution >= 0.6 is 0 Å². The number of imidazole rings is 1. The third kappa shape index (κ3) is 5.27. The molecule has 7 nitrogen and oxygen atoms in total. The van der Waals surface area contributed by atoms with Gasteiger partial charge in [0.1, 0.15) is 18.1 Å². The molecule has 0 radical (unpaired) electrons. The fraction of sp³-hybridized carbons (Fsp3) is 0.192. The van der Waals surface area contributed by atoms with Crippen molar-refractivity contribution < 1.29 is 9.47 Å². The van der Waals surface area contributed by atoms with Crippen LogP contribution in [0.3, 0.4) is 0 Å². The topological polar surface area (TPSA) is 60.7 Å². The van der Waals surface area contributed by atoms with Crippen molar-refractivity contribution in [3.63, 3.8) is 0 Å². The molecule has 0 saturated heterocycles. The number of hydrogen-bond donors (Lipinski definition) is 1. The highest BCUT2D eigenvalue weighted by Gasteiger charge is 2.12. The fourth-order valence-electron chi connectivity index (χ4n) is 3.45. The quantitative estimate of drug-likeness (QED) is 0.417. The van der Waals surface area contributed by atoms with Crippen molar-refractivity contribution in [1.29, 1.82) is 0 Å². The van der Waals surface area contributed by atoms with E-state index in [-0.39, 0.29) is 5.69 Å². The largest absolute Gasteiger partial charge is 0.494 e. The molecule has 0 saturated carbocycles. The molecule has 0 aliphatic heterocycles. The van der Waals surface area contributed by atoms with E-state index in [9.17, 15) is 4.79 Å². The van der Waals surface area contributed by atoms with Crippen molar-refractivity contribution in [2.24, 2.45) is 0 Å². The zero-order chi connectivity index (χ0) is 23.2. The van der Waals surface area contributed by atoms with Crippen LogP contribution in [-0.2, 0) is 0 Å². The van der Waals surface area contributed by atoms with Crippen molar-refractivity contribution >= 4 is 11.4 Å². The minimum absolute atomic E-state index is 0.182. The van der Waals surface area contributed by atoms with Crippen LogP contribution in [0.5, 0.6) is 11.5 Å². The van der Waals surface area contributed by atoms with Gasteiger partial charge in [-0.1, -0.05) is 18.2 Å². The average molecular weight is 445 g/mol. The van der Waals surface area contributed by atoms with E-state index in [0.29, 0.717) is 18.0 Å². The van der Waals surface area contributed by atoms with E-state index in [1.54, 1.807) is 28.6 Å². The van der Waals surface area contributed by atoms with Crippen molar-refractivity contribution in [2.75, 3.05) is 39.7 Å². The summed E-state index contributed by atoms with van der Waals surface area (Å²) in [6.07, 6.45) is 3.49. The number of rotatable bonds is 9. The summed E-state index contributed by atoms with van der Waals surface area (Å²) < 4.78 is 14.5. The van der Waals surface area contributed by atoms with Crippen LogP contribution in [0.2, 0.25) is 0 Å². The minimum atomic E-state index is -0.182. The summed E-state index contributed by atoms with van der Waals surface area (Å²) in [5, 5.41) is 3.34. The molecule has 1 aromatic heterocycles. The lowest BCUT2D eigenvalue weighted by molar-refractivity contribution is 0.261. The summed E-state index contributed by atoms with van der Waals surface area (Å²) in [5.41, 5.74) is 3.10. The summed E-state index contributed by atoms with van der Waals surface area (Å²) in [5.74, 6) is 1.37. The Morgan fingerprint density at radius 1 is 0.879 bits per heavy atom. The molecule has 0 bridgehead atoms. The van der Waals surface area contributed by atoms with Crippen molar-refractivity contribution in [3.05, 3.63) is 95.7 Å². The number of nitrogens with one attached hydrogen (secondary N) is 1. The average Bonchev–Trinajstić information content (AvgIpc) is 3.21. The zero-order valence-electron chi connectivity index (χ0n) is 19.1. The molecule has 0 spiro atoms. The second-order valence-corrected chi connectivity index (χ2v) is 7.84. The van der Waals surface area contributed by atoms with Gasteiger partial charge >= 0.3 is 5.69 Å². The highest BCUT2D eigenvalue weighted by atomic mass is 16.5. The molecule has 0 aliphatic rings. The Hall–Kier alpha value is -3.97. The van der Waals surface area contributed by atoms with Gasteiger partial charge in [-0.25, -0.2) is 4.79 Å². The van der Waals surface area contributed by atoms with Crippen LogP contribution in [-0.4, -0.2) is 48.4 Å². The number of ether oxygens (including phenoxy) is 2. The van der Waals surface area contributed by atoms with Crippen molar-refractivity contribution in [3.8, 4) is 22.9 Å². The molecule has 4 rings (SSSR count). The van der Waals surface area contributed by atoms with E-state index in [4.69, 9.17) is 9.47 Å². The maximum atomic E-state index is 13.2. The summed E-state index contributed by atoms with van der Waals surface area (Å²) in [7, 11) is 5.61. The van der Waals surface area contributed by atoms with Crippen LogP contribution in [0.1, 0.15) is 0 Å². The van der Waals surface area contributed by atoms with Gasteiger partial charge in [0.15, 0.2) is 0 Å². The molecule has 0 amide bonds. The van der Waals surface area contributed by atoms with E-state index in [1.807, 2.05) is 86.9 Å². The van der Waals surface area contributed by atoms with Gasteiger partial charge in [-0.15, -0.1) is 0 Å². The van der Waals surface area contributed by atoms with Crippen LogP contribution < -0.4 is 20.5 Å². The van der Waals surface area contributed by atoms with Gasteiger partial charge in [0.2, 0.25) is 0 Å². The first-order chi connectivity index (χ1) is 16.0. The molecule has 0 atom stereocenters. The molecular weight excluding hydrogens is 416 g/mol. The first-order valence-electron chi connectivity index (χ1n) is 10.7. The molecule has 3 aromatic carbocycles. The Morgan fingerprint density at radius 3 is 2.30 bits per heavy atom. The maximum absolute atomic E-state index is 13.2. The lowest BCUT2D eigenvalue weighted by Crippen LogP contribution is -2.22. The number of nitrogens with zero attached hydrogens (tertiary/aromatic N) is 3. The van der Waals surface area contributed by atoms with Gasteiger partial charge < -0.3 is 19.7 Å². The fourth-order valence-corrected chi connectivity index (χ4v) is 3.45. The number of likely N-dealkylation sites (N-methyl/N-ethyl adjacent to an activating group) is 1. The van der Waals surface area contributed by atoms with Gasteiger partial charge in [0, 0.05) is 36.4 Å². The zero-order valence-corrected chi connectivity index (χ0v) is 19.1. The number of anilines is 2. The molecule has 1 N–H and O–H groups in total. The van der Waals surface area contributed by atoms with Crippen molar-refractivity contribution in [1.82, 2.24) is 14.0 Å². The number of aromatic nitrogens is 2. The smallest absolute Gasteiger partial charge is 0.337 e. The molecule has 1 heterocycles. The van der Waals surface area contributed by atoms with Gasteiger partial charge in [-0.3, -0.25) is 9.13 Å². The molecule has 0 fully saturated rings. The Labute approximate surface area is 193 Å². The van der Waals surface area contributed by atoms with Crippen LogP contribution in [0.4, 0.5) is 11.4 Å². The second-order valence-electron chi connectivity index (χ2n) is 7.84. The Morgan fingerprint density at radius 2 is 1.61 bits per heavy atom. The highest BCUT2D eigenvalue weighted by molar-refractivity contribution is 5.65. The summed E-state index contributed by atoms with van der Waals surface area (Å²) in [6, 6.07) is 23.1. The van der Waals surface area contributed by atoms with Gasteiger partial charge in [0.25, 0.3) is 0 Å². The third-order valence-electron chi connectivity index (χ3n) is 5.20. The second kappa shape index (κ2) is 10.1. The molecule has 4 aromatic rings. The number of benzene rings is 3. The molecule has 33 heavy (non-hydrogen) atoms. The van der Waals surface area contributed by atoms with Gasteiger partial charge in [-0.2, -0.15) is 0 Å². The molecule has 0 aliphatic carbocycles. The normalized spacial score (nSPS) is 10.9. The molecule has 0 unspecified atom stereocenters. The van der Waals surface area contributed by atoms with E-state index in [2.05, 4.69) is 10.2 Å². The van der Waals surface area contributed by atoms with Crippen LogP contribution in [0, 0.1) is 0 Å². The molecule has 170 valence electrons. The Kier molecular flexibility index (Phi) is 6.80. The first-order valence-corrected chi connectivity index (χ1v) is 10.7. The van der Waals surface area contributed by atoms with Gasteiger partial charge in [-0.05, 0) is 62.6 Å². The number of para-hydroxylation sites is 1. The summed E-state index contributed by atoms with van der Waals surface area (Å²) in [6.45, 7) is 1.45. The monoisotopic (exact) mass is 444 g/mol. The van der Waals surface area contributed by atoms with Crippen LogP contribution in [0.25, 0.3) is 11.4 Å². The third-order valence-corrected chi connectivity index (χ3v) is 5.20. The number of methoxy groups -OCH3 is 1. The predicted octanol–water partition coefficient (Wildman–Crippen LogP) is 4.32. The summed E-state index contributed by atoms with van der Waals surface area (Å²) in [4.78, 5) is 15.2. The first kappa shape index (κ1) is 22.2. The lowest BCUT2D eigenvalue weighted by Gasteiger charge is -2.12. The Bertz CT molecular complexity index is 1240. The molecular formula is C26H28N4O3. The SMILES string of the molecule is COc1cc(Nc2ccccc2)ccc1-n1ccn(-c2ccc(OCCN(C)C)cc2)c1=O. The van der Waals surface area contributed by atoms with E-state index >= 15 is 0 Å².